The highest BCUT2D eigenvalue weighted by Crippen LogP contribution is 2.42. The van der Waals surface area contributed by atoms with Crippen LogP contribution in [0.2, 0.25) is 0 Å². The van der Waals surface area contributed by atoms with Crippen LogP contribution in [-0.2, 0) is 5.75 Å². The van der Waals surface area contributed by atoms with E-state index < -0.39 is 0 Å². The number of ether oxygens (including phenoxy) is 1. The van der Waals surface area contributed by atoms with Crippen LogP contribution < -0.4 is 10.1 Å². The predicted molar refractivity (Wildman–Crippen MR) is 74.8 cm³/mol. The molecule has 0 aliphatic carbocycles. The molecule has 0 fully saturated rings. The molecule has 1 aliphatic heterocycles. The minimum atomic E-state index is 0.467. The van der Waals surface area contributed by atoms with Gasteiger partial charge >= 0.3 is 0 Å². The molecule has 2 atom stereocenters. The second-order valence-electron chi connectivity index (χ2n) is 4.32. The minimum Gasteiger partial charge on any atom is -0.496 e. The quantitative estimate of drug-likeness (QED) is 0.886. The molecule has 1 aromatic rings. The fraction of sp³-hybridized carbons (Fsp3) is 0.571. The predicted octanol–water partition coefficient (Wildman–Crippen LogP) is 3.37. The molecule has 2 rings (SSSR count). The Morgan fingerprint density at radius 3 is 2.88 bits per heavy atom. The van der Waals surface area contributed by atoms with Crippen LogP contribution in [0.5, 0.6) is 5.75 Å². The maximum atomic E-state index is 5.47. The lowest BCUT2D eigenvalue weighted by atomic mass is 9.96. The second-order valence-corrected chi connectivity index (χ2v) is 5.55. The van der Waals surface area contributed by atoms with Gasteiger partial charge in [-0.25, -0.2) is 0 Å². The van der Waals surface area contributed by atoms with Crippen molar-refractivity contribution in [1.29, 1.82) is 0 Å². The number of methoxy groups -OCH3 is 1. The molecule has 0 bridgehead atoms. The summed E-state index contributed by atoms with van der Waals surface area (Å²) in [4.78, 5) is 0. The van der Waals surface area contributed by atoms with Crippen LogP contribution in [0, 0.1) is 0 Å². The molecule has 0 aromatic heterocycles. The van der Waals surface area contributed by atoms with Gasteiger partial charge in [0.15, 0.2) is 0 Å². The van der Waals surface area contributed by atoms with Gasteiger partial charge in [0.25, 0.3) is 0 Å². The molecule has 0 saturated carbocycles. The van der Waals surface area contributed by atoms with Crippen LogP contribution in [0.3, 0.4) is 0 Å². The van der Waals surface area contributed by atoms with Gasteiger partial charge < -0.3 is 10.1 Å². The van der Waals surface area contributed by atoms with Gasteiger partial charge in [-0.2, -0.15) is 11.8 Å². The molecule has 1 aliphatic rings. The summed E-state index contributed by atoms with van der Waals surface area (Å²) < 4.78 is 5.47. The molecular formula is C14H21NOS. The first kappa shape index (κ1) is 12.8. The van der Waals surface area contributed by atoms with E-state index in [0.29, 0.717) is 11.3 Å². The molecule has 0 spiro atoms. The third kappa shape index (κ3) is 2.45. The Balaban J connectivity index is 2.38. The SMILES string of the molecule is CCNC1c2cccc(OC)c2CSC1CC. The van der Waals surface area contributed by atoms with Crippen molar-refractivity contribution in [3.63, 3.8) is 0 Å². The molecule has 3 heteroatoms. The summed E-state index contributed by atoms with van der Waals surface area (Å²) in [7, 11) is 1.76. The van der Waals surface area contributed by atoms with Crippen molar-refractivity contribution in [1.82, 2.24) is 5.32 Å². The van der Waals surface area contributed by atoms with E-state index in [1.807, 2.05) is 11.8 Å². The average Bonchev–Trinajstić information content (AvgIpc) is 2.38. The Hall–Kier alpha value is -0.670. The van der Waals surface area contributed by atoms with Crippen LogP contribution in [0.1, 0.15) is 37.4 Å². The van der Waals surface area contributed by atoms with Crippen LogP contribution in [0.15, 0.2) is 18.2 Å². The number of hydrogen-bond acceptors (Lipinski definition) is 3. The zero-order valence-corrected chi connectivity index (χ0v) is 11.6. The molecule has 2 unspecified atom stereocenters. The second kappa shape index (κ2) is 5.78. The summed E-state index contributed by atoms with van der Waals surface area (Å²) >= 11 is 2.04. The fourth-order valence-corrected chi connectivity index (χ4v) is 3.88. The monoisotopic (exact) mass is 251 g/mol. The van der Waals surface area contributed by atoms with E-state index in [1.165, 1.54) is 17.5 Å². The Morgan fingerprint density at radius 2 is 2.24 bits per heavy atom. The molecule has 0 amide bonds. The van der Waals surface area contributed by atoms with Crippen molar-refractivity contribution >= 4 is 11.8 Å². The number of hydrogen-bond donors (Lipinski definition) is 1. The molecule has 1 heterocycles. The lowest BCUT2D eigenvalue weighted by Crippen LogP contribution is -2.33. The summed E-state index contributed by atoms with van der Waals surface area (Å²) in [6.45, 7) is 5.46. The van der Waals surface area contributed by atoms with Crippen LogP contribution in [0.25, 0.3) is 0 Å². The molecule has 1 N–H and O–H groups in total. The first-order chi connectivity index (χ1) is 8.31. The maximum Gasteiger partial charge on any atom is 0.123 e. The van der Waals surface area contributed by atoms with E-state index in [2.05, 4.69) is 37.4 Å². The lowest BCUT2D eigenvalue weighted by molar-refractivity contribution is 0.407. The molecule has 2 nitrogen and oxygen atoms in total. The number of thioether (sulfide) groups is 1. The smallest absolute Gasteiger partial charge is 0.123 e. The number of rotatable bonds is 4. The minimum absolute atomic E-state index is 0.467. The van der Waals surface area contributed by atoms with Gasteiger partial charge in [-0.3, -0.25) is 0 Å². The Kier molecular flexibility index (Phi) is 4.35. The summed E-state index contributed by atoms with van der Waals surface area (Å²) in [6.07, 6.45) is 1.21. The zero-order chi connectivity index (χ0) is 12.3. The fourth-order valence-electron chi connectivity index (χ4n) is 2.52. The standard InChI is InChI=1S/C14H21NOS/c1-4-13-14(15-5-2)10-7-6-8-12(16-3)11(10)9-17-13/h6-8,13-15H,4-5,9H2,1-3H3. The summed E-state index contributed by atoms with van der Waals surface area (Å²) in [5.74, 6) is 2.10. The highest BCUT2D eigenvalue weighted by atomic mass is 32.2. The van der Waals surface area contributed by atoms with Crippen LogP contribution >= 0.6 is 11.8 Å². The molecule has 94 valence electrons. The van der Waals surface area contributed by atoms with E-state index in [1.54, 1.807) is 7.11 Å². The van der Waals surface area contributed by atoms with Gasteiger partial charge in [0, 0.05) is 22.6 Å². The van der Waals surface area contributed by atoms with Crippen LogP contribution in [-0.4, -0.2) is 18.9 Å². The molecule has 17 heavy (non-hydrogen) atoms. The Bertz CT molecular complexity index is 380. The Labute approximate surface area is 108 Å². The van der Waals surface area contributed by atoms with Gasteiger partial charge in [0.2, 0.25) is 0 Å². The van der Waals surface area contributed by atoms with Crippen molar-refractivity contribution in [3.8, 4) is 5.75 Å². The number of fused-ring (bicyclic) bond motifs is 1. The topological polar surface area (TPSA) is 21.3 Å². The van der Waals surface area contributed by atoms with E-state index in [-0.39, 0.29) is 0 Å². The van der Waals surface area contributed by atoms with Crippen molar-refractivity contribution in [3.05, 3.63) is 29.3 Å². The molecule has 1 aromatic carbocycles. The van der Waals surface area contributed by atoms with Crippen molar-refractivity contribution < 1.29 is 4.74 Å². The first-order valence-corrected chi connectivity index (χ1v) is 7.37. The van der Waals surface area contributed by atoms with Crippen molar-refractivity contribution in [2.24, 2.45) is 0 Å². The van der Waals surface area contributed by atoms with Gasteiger partial charge in [0.1, 0.15) is 5.75 Å². The normalized spacial score (nSPS) is 23.2. The molecule has 0 radical (unpaired) electrons. The van der Waals surface area contributed by atoms with Crippen molar-refractivity contribution in [2.45, 2.75) is 37.3 Å². The first-order valence-electron chi connectivity index (χ1n) is 6.32. The highest BCUT2D eigenvalue weighted by Gasteiger charge is 2.29. The summed E-state index contributed by atoms with van der Waals surface area (Å²) in [5, 5.41) is 4.29. The van der Waals surface area contributed by atoms with E-state index >= 15 is 0 Å². The average molecular weight is 251 g/mol. The summed E-state index contributed by atoms with van der Waals surface area (Å²) in [5.41, 5.74) is 2.80. The number of nitrogens with one attached hydrogen (secondary N) is 1. The van der Waals surface area contributed by atoms with E-state index in [0.717, 1.165) is 18.0 Å². The maximum absolute atomic E-state index is 5.47. The molecule has 0 saturated heterocycles. The lowest BCUT2D eigenvalue weighted by Gasteiger charge is -2.34. The van der Waals surface area contributed by atoms with Crippen molar-refractivity contribution in [2.75, 3.05) is 13.7 Å². The third-order valence-electron chi connectivity index (χ3n) is 3.36. The third-order valence-corrected chi connectivity index (χ3v) is 4.85. The van der Waals surface area contributed by atoms with Gasteiger partial charge in [-0.15, -0.1) is 0 Å². The summed E-state index contributed by atoms with van der Waals surface area (Å²) in [6, 6.07) is 6.88. The van der Waals surface area contributed by atoms with Gasteiger partial charge in [-0.1, -0.05) is 26.0 Å². The Morgan fingerprint density at radius 1 is 1.41 bits per heavy atom. The highest BCUT2D eigenvalue weighted by molar-refractivity contribution is 7.99. The van der Waals surface area contributed by atoms with E-state index in [4.69, 9.17) is 4.74 Å². The zero-order valence-electron chi connectivity index (χ0n) is 10.8. The van der Waals surface area contributed by atoms with E-state index in [9.17, 15) is 0 Å². The van der Waals surface area contributed by atoms with Gasteiger partial charge in [0.05, 0.1) is 7.11 Å². The van der Waals surface area contributed by atoms with Gasteiger partial charge in [-0.05, 0) is 24.6 Å². The largest absolute Gasteiger partial charge is 0.496 e. The molecular weight excluding hydrogens is 230 g/mol. The van der Waals surface area contributed by atoms with Crippen LogP contribution in [0.4, 0.5) is 0 Å². The number of benzene rings is 1.